The molecule has 3 atom stereocenters. The lowest BCUT2D eigenvalue weighted by Crippen LogP contribution is -2.57. The van der Waals surface area contributed by atoms with Crippen molar-refractivity contribution >= 4 is 18.3 Å². The van der Waals surface area contributed by atoms with Crippen molar-refractivity contribution in [2.75, 3.05) is 19.7 Å². The van der Waals surface area contributed by atoms with Gasteiger partial charge in [-0.05, 0) is 27.7 Å². The number of nitrogens with one attached hydrogen (secondary N) is 1. The number of hydrogen-bond donors (Lipinski definition) is 1. The zero-order valence-corrected chi connectivity index (χ0v) is 11.3. The van der Waals surface area contributed by atoms with Crippen LogP contribution in [0.25, 0.3) is 0 Å². The minimum Gasteiger partial charge on any atom is -0.369 e. The Morgan fingerprint density at radius 3 is 2.38 bits per heavy atom. The van der Waals surface area contributed by atoms with Crippen LogP contribution in [0.2, 0.25) is 0 Å². The first-order valence-electron chi connectivity index (χ1n) is 5.71. The molecule has 0 bridgehead atoms. The van der Waals surface area contributed by atoms with Crippen molar-refractivity contribution in [3.63, 3.8) is 0 Å². The van der Waals surface area contributed by atoms with Crippen LogP contribution in [0.3, 0.4) is 0 Å². The highest BCUT2D eigenvalue weighted by molar-refractivity contribution is 5.85. The van der Waals surface area contributed by atoms with E-state index in [1.165, 1.54) is 0 Å². The summed E-state index contributed by atoms with van der Waals surface area (Å²) in [5.41, 5.74) is 0. The second-order valence-electron chi connectivity index (χ2n) is 4.31. The number of carbonyl (C=O) groups is 1. The van der Waals surface area contributed by atoms with E-state index in [-0.39, 0.29) is 24.4 Å². The van der Waals surface area contributed by atoms with Gasteiger partial charge in [-0.1, -0.05) is 0 Å². The minimum absolute atomic E-state index is 0. The average molecular weight is 251 g/mol. The van der Waals surface area contributed by atoms with E-state index in [1.54, 1.807) is 0 Å². The molecule has 1 fully saturated rings. The van der Waals surface area contributed by atoms with Gasteiger partial charge >= 0.3 is 0 Å². The summed E-state index contributed by atoms with van der Waals surface area (Å²) in [6, 6.07) is 0.734. The smallest absolute Gasteiger partial charge is 0.251 e. The fraction of sp³-hybridized carbons (Fsp3) is 0.909. The Bertz CT molecular complexity index is 216. The lowest BCUT2D eigenvalue weighted by Gasteiger charge is -2.37. The van der Waals surface area contributed by atoms with E-state index in [2.05, 4.69) is 19.2 Å². The Labute approximate surface area is 104 Å². The number of ether oxygens (including phenoxy) is 1. The molecule has 0 aliphatic carbocycles. The largest absolute Gasteiger partial charge is 0.369 e. The molecule has 16 heavy (non-hydrogen) atoms. The topological polar surface area (TPSA) is 41.6 Å². The summed E-state index contributed by atoms with van der Waals surface area (Å²) in [4.78, 5) is 13.8. The van der Waals surface area contributed by atoms with E-state index < -0.39 is 0 Å². The van der Waals surface area contributed by atoms with Crippen molar-refractivity contribution in [1.82, 2.24) is 10.2 Å². The molecule has 1 amide bonds. The number of halogens is 1. The summed E-state index contributed by atoms with van der Waals surface area (Å²) in [5, 5.41) is 3.40. The molecular formula is C11H23ClN2O2. The molecule has 5 heteroatoms. The molecule has 0 spiro atoms. The third-order valence-corrected chi connectivity index (χ3v) is 2.63. The van der Waals surface area contributed by atoms with E-state index in [1.807, 2.05) is 18.7 Å². The fourth-order valence-corrected chi connectivity index (χ4v) is 2.09. The summed E-state index contributed by atoms with van der Waals surface area (Å²) >= 11 is 0. The van der Waals surface area contributed by atoms with Gasteiger partial charge in [-0.3, -0.25) is 4.79 Å². The van der Waals surface area contributed by atoms with E-state index in [0.29, 0.717) is 18.7 Å². The standard InChI is InChI=1S/C11H22N2O2.ClH/c1-5-15-10(4)11(14)13-6-8(2)12-9(3)7-13;/h8-10,12H,5-7H2,1-4H3;1H. The van der Waals surface area contributed by atoms with Crippen LogP contribution >= 0.6 is 12.4 Å². The number of rotatable bonds is 3. The zero-order chi connectivity index (χ0) is 11.4. The number of piperazine rings is 1. The third kappa shape index (κ3) is 4.28. The molecule has 1 aliphatic heterocycles. The fourth-order valence-electron chi connectivity index (χ4n) is 2.09. The van der Waals surface area contributed by atoms with E-state index >= 15 is 0 Å². The molecule has 1 saturated heterocycles. The van der Waals surface area contributed by atoms with Gasteiger partial charge in [0.25, 0.3) is 5.91 Å². The summed E-state index contributed by atoms with van der Waals surface area (Å²) in [6.07, 6.45) is -0.313. The first-order chi connectivity index (χ1) is 7.04. The summed E-state index contributed by atoms with van der Waals surface area (Å²) in [6.45, 7) is 10.1. The third-order valence-electron chi connectivity index (χ3n) is 2.63. The quantitative estimate of drug-likeness (QED) is 0.814. The maximum absolute atomic E-state index is 12.0. The summed E-state index contributed by atoms with van der Waals surface area (Å²) in [7, 11) is 0. The minimum atomic E-state index is -0.313. The van der Waals surface area contributed by atoms with Gasteiger partial charge in [0.15, 0.2) is 0 Å². The molecule has 1 rings (SSSR count). The number of hydrogen-bond acceptors (Lipinski definition) is 3. The number of amides is 1. The van der Waals surface area contributed by atoms with Gasteiger partial charge < -0.3 is 15.0 Å². The second kappa shape index (κ2) is 7.09. The predicted molar refractivity (Wildman–Crippen MR) is 67.0 cm³/mol. The first kappa shape index (κ1) is 15.7. The Balaban J connectivity index is 0.00000225. The molecule has 1 heterocycles. The summed E-state index contributed by atoms with van der Waals surface area (Å²) < 4.78 is 5.32. The van der Waals surface area contributed by atoms with E-state index in [0.717, 1.165) is 13.1 Å². The Hall–Kier alpha value is -0.320. The van der Waals surface area contributed by atoms with Crippen LogP contribution in [0.1, 0.15) is 27.7 Å². The molecule has 0 aromatic heterocycles. The molecule has 0 radical (unpaired) electrons. The van der Waals surface area contributed by atoms with Crippen molar-refractivity contribution in [3.8, 4) is 0 Å². The molecule has 0 aromatic rings. The van der Waals surface area contributed by atoms with Crippen molar-refractivity contribution in [3.05, 3.63) is 0 Å². The predicted octanol–water partition coefficient (Wildman–Crippen LogP) is 1.04. The Kier molecular flexibility index (Phi) is 6.95. The maximum atomic E-state index is 12.0. The van der Waals surface area contributed by atoms with Crippen LogP contribution in [-0.2, 0) is 9.53 Å². The molecule has 1 N–H and O–H groups in total. The SMILES string of the molecule is CCOC(C)C(=O)N1CC(C)NC(C)C1.Cl. The zero-order valence-electron chi connectivity index (χ0n) is 10.5. The van der Waals surface area contributed by atoms with Gasteiger partial charge in [0.2, 0.25) is 0 Å². The second-order valence-corrected chi connectivity index (χ2v) is 4.31. The highest BCUT2D eigenvalue weighted by Gasteiger charge is 2.27. The summed E-state index contributed by atoms with van der Waals surface area (Å²) in [5.74, 6) is 0.108. The highest BCUT2D eigenvalue weighted by atomic mass is 35.5. The van der Waals surface area contributed by atoms with Crippen molar-refractivity contribution < 1.29 is 9.53 Å². The molecule has 1 aliphatic rings. The van der Waals surface area contributed by atoms with Crippen LogP contribution < -0.4 is 5.32 Å². The van der Waals surface area contributed by atoms with Crippen LogP contribution in [0, 0.1) is 0 Å². The lowest BCUT2D eigenvalue weighted by molar-refractivity contribution is -0.144. The normalized spacial score (nSPS) is 27.1. The molecule has 0 saturated carbocycles. The van der Waals surface area contributed by atoms with E-state index in [9.17, 15) is 4.79 Å². The molecule has 96 valence electrons. The molecule has 3 unspecified atom stereocenters. The van der Waals surface area contributed by atoms with Crippen molar-refractivity contribution in [2.45, 2.75) is 45.9 Å². The average Bonchev–Trinajstić information content (AvgIpc) is 2.15. The van der Waals surface area contributed by atoms with Crippen molar-refractivity contribution in [2.24, 2.45) is 0 Å². The van der Waals surface area contributed by atoms with Crippen LogP contribution in [-0.4, -0.2) is 48.7 Å². The van der Waals surface area contributed by atoms with Gasteiger partial charge in [-0.25, -0.2) is 0 Å². The molecule has 0 aromatic carbocycles. The van der Waals surface area contributed by atoms with Crippen LogP contribution in [0.15, 0.2) is 0 Å². The molecule has 4 nitrogen and oxygen atoms in total. The maximum Gasteiger partial charge on any atom is 0.251 e. The van der Waals surface area contributed by atoms with Gasteiger partial charge in [0.05, 0.1) is 0 Å². The molecular weight excluding hydrogens is 228 g/mol. The van der Waals surface area contributed by atoms with Crippen molar-refractivity contribution in [1.29, 1.82) is 0 Å². The van der Waals surface area contributed by atoms with Crippen LogP contribution in [0.5, 0.6) is 0 Å². The Morgan fingerprint density at radius 2 is 1.94 bits per heavy atom. The Morgan fingerprint density at radius 1 is 1.44 bits per heavy atom. The first-order valence-corrected chi connectivity index (χ1v) is 5.71. The monoisotopic (exact) mass is 250 g/mol. The van der Waals surface area contributed by atoms with E-state index in [4.69, 9.17) is 4.74 Å². The van der Waals surface area contributed by atoms with Gasteiger partial charge in [-0.2, -0.15) is 0 Å². The number of nitrogens with zero attached hydrogens (tertiary/aromatic N) is 1. The lowest BCUT2D eigenvalue weighted by atomic mass is 10.1. The highest BCUT2D eigenvalue weighted by Crippen LogP contribution is 2.07. The van der Waals surface area contributed by atoms with Gasteiger partial charge in [0, 0.05) is 31.8 Å². The van der Waals surface area contributed by atoms with Gasteiger partial charge in [0.1, 0.15) is 6.10 Å². The van der Waals surface area contributed by atoms with Crippen LogP contribution in [0.4, 0.5) is 0 Å². The van der Waals surface area contributed by atoms with Gasteiger partial charge in [-0.15, -0.1) is 12.4 Å². The number of carbonyl (C=O) groups excluding carboxylic acids is 1.